The van der Waals surface area contributed by atoms with E-state index in [1.807, 2.05) is 78.6 Å². The average Bonchev–Trinajstić information content (AvgIpc) is 2.58. The summed E-state index contributed by atoms with van der Waals surface area (Å²) in [5, 5.41) is 0. The van der Waals surface area contributed by atoms with Crippen molar-refractivity contribution in [3.8, 4) is 0 Å². The molecular weight excluding hydrogens is 897 g/mol. The molecule has 0 aromatic heterocycles. The molecule has 320 valence electrons. The normalized spacial score (nSPS) is 16.1. The van der Waals surface area contributed by atoms with Crippen LogP contribution in [0.2, 0.25) is 177 Å². The third-order valence-electron chi connectivity index (χ3n) is 5.96. The average molecular weight is 980 g/mol. The second kappa shape index (κ2) is 18.1. The molecule has 0 aliphatic heterocycles. The van der Waals surface area contributed by atoms with E-state index in [4.69, 9.17) is 49.4 Å². The van der Waals surface area contributed by atoms with Crippen molar-refractivity contribution in [1.82, 2.24) is 0 Å². The predicted octanol–water partition coefficient (Wildman–Crippen LogP) is 9.43. The molecule has 0 aromatic carbocycles. The van der Waals surface area contributed by atoms with E-state index in [1.165, 1.54) is 0 Å². The van der Waals surface area contributed by atoms with E-state index in [-0.39, 0.29) is 0 Å². The molecule has 0 heterocycles. The van der Waals surface area contributed by atoms with E-state index in [9.17, 15) is 4.80 Å². The molecule has 0 atom stereocenters. The van der Waals surface area contributed by atoms with E-state index in [2.05, 4.69) is 85.1 Å². The highest BCUT2D eigenvalue weighted by Gasteiger charge is 2.51. The van der Waals surface area contributed by atoms with Gasteiger partial charge in [-0.1, -0.05) is 0 Å². The van der Waals surface area contributed by atoms with Gasteiger partial charge in [0.2, 0.25) is 0 Å². The number of hydrogen-bond acceptors (Lipinski definition) is 13. The largest absolute Gasteiger partial charge is 0.437 e. The van der Waals surface area contributed by atoms with Crippen LogP contribution in [0.25, 0.3) is 0 Å². The van der Waals surface area contributed by atoms with Gasteiger partial charge in [0.25, 0.3) is 0 Å². The second-order valence-electron chi connectivity index (χ2n) is 20.2. The Morgan fingerprint density at radius 1 is 0.189 bits per heavy atom. The van der Waals surface area contributed by atoms with E-state index < -0.39 is 111 Å². The van der Waals surface area contributed by atoms with Crippen LogP contribution in [0.15, 0.2) is 0 Å². The number of rotatable bonds is 24. The van der Waals surface area contributed by atoms with Gasteiger partial charge in [0.05, 0.1) is 0 Å². The Morgan fingerprint density at radius 2 is 0.302 bits per heavy atom. The van der Waals surface area contributed by atoms with Crippen LogP contribution >= 0.6 is 0 Å². The lowest BCUT2D eigenvalue weighted by Gasteiger charge is -2.45. The minimum Gasteiger partial charge on any atom is -0.437 e. The fraction of sp³-hybridized carbons (Fsp3) is 1.00. The van der Waals surface area contributed by atoms with Gasteiger partial charge >= 0.3 is 103 Å². The highest BCUT2D eigenvalue weighted by atomic mass is 28.5. The molecule has 0 unspecified atom stereocenters. The fourth-order valence-corrected chi connectivity index (χ4v) is 71.5. The Labute approximate surface area is 339 Å². The van der Waals surface area contributed by atoms with Gasteiger partial charge in [0, 0.05) is 0 Å². The van der Waals surface area contributed by atoms with Gasteiger partial charge in [-0.25, -0.2) is 0 Å². The van der Waals surface area contributed by atoms with Crippen molar-refractivity contribution in [3.63, 3.8) is 0 Å². The third-order valence-corrected chi connectivity index (χ3v) is 53.7. The van der Waals surface area contributed by atoms with Gasteiger partial charge in [-0.3, -0.25) is 0 Å². The monoisotopic (exact) mass is 978 g/mol. The second-order valence-corrected chi connectivity index (χ2v) is 67.9. The van der Waals surface area contributed by atoms with Crippen LogP contribution in [0.5, 0.6) is 0 Å². The lowest BCUT2D eigenvalue weighted by molar-refractivity contribution is 0.251. The van der Waals surface area contributed by atoms with E-state index in [0.717, 1.165) is 0 Å². The molecular formula is C27H82O13Si13. The smallest absolute Gasteiger partial charge is 0.320 e. The van der Waals surface area contributed by atoms with Crippen molar-refractivity contribution in [2.24, 2.45) is 0 Å². The highest BCUT2D eigenvalue weighted by molar-refractivity contribution is 6.94. The maximum absolute atomic E-state index is 10.4. The number of hydrogen-bond donors (Lipinski definition) is 1. The highest BCUT2D eigenvalue weighted by Crippen LogP contribution is 2.32. The first-order valence-electron chi connectivity index (χ1n) is 18.6. The standard InChI is InChI=1S/C27H82O13Si13/c1-41(2,3)29-43(6,7)31-45(10,11)33-47(14,15)35-49(18,19)37-51(22,23)39-53(26,27)40-52(24,25)38-50(20,21)36-48(16,17)34-46(12,13)32-44(8,9)30-42(4,5)28/h28H,1-27H3. The van der Waals surface area contributed by atoms with E-state index in [1.54, 1.807) is 13.1 Å². The molecule has 0 amide bonds. The maximum Gasteiger partial charge on any atom is 0.320 e. The summed E-state index contributed by atoms with van der Waals surface area (Å²) >= 11 is 0. The van der Waals surface area contributed by atoms with Crippen LogP contribution < -0.4 is 0 Å². The Kier molecular flexibility index (Phi) is 18.9. The van der Waals surface area contributed by atoms with Crippen molar-refractivity contribution in [3.05, 3.63) is 0 Å². The summed E-state index contributed by atoms with van der Waals surface area (Å²) in [5.74, 6) is 0. The lowest BCUT2D eigenvalue weighted by Crippen LogP contribution is -2.62. The first-order chi connectivity index (χ1) is 22.5. The molecule has 0 spiro atoms. The summed E-state index contributed by atoms with van der Waals surface area (Å²) in [5.41, 5.74) is 0. The van der Waals surface area contributed by atoms with Crippen molar-refractivity contribution in [2.75, 3.05) is 0 Å². The first kappa shape index (κ1) is 55.3. The predicted molar refractivity (Wildman–Crippen MR) is 248 cm³/mol. The molecule has 0 bridgehead atoms. The lowest BCUT2D eigenvalue weighted by atomic mass is 11.8. The SMILES string of the molecule is C[Si](C)(C)O[Si](C)(C)O[Si](C)(C)O[Si](C)(C)O[Si](C)(C)O[Si](C)(C)O[Si](C)(C)O[Si](C)(C)O[Si](C)(C)O[Si](C)(C)O[Si](C)(C)O[Si](C)(C)O[Si](C)(C)O. The van der Waals surface area contributed by atoms with Crippen LogP contribution in [0, 0.1) is 0 Å². The van der Waals surface area contributed by atoms with Crippen molar-refractivity contribution in [2.45, 2.75) is 177 Å². The molecule has 0 saturated heterocycles. The Morgan fingerprint density at radius 3 is 0.415 bits per heavy atom. The molecule has 0 aromatic rings. The molecule has 0 saturated carbocycles. The summed E-state index contributed by atoms with van der Waals surface area (Å²) in [7, 11) is -33.8. The van der Waals surface area contributed by atoms with E-state index >= 15 is 0 Å². The summed E-state index contributed by atoms with van der Waals surface area (Å²) < 4.78 is 79.6. The van der Waals surface area contributed by atoms with Crippen molar-refractivity contribution >= 4 is 111 Å². The van der Waals surface area contributed by atoms with Crippen LogP contribution in [0.4, 0.5) is 0 Å². The van der Waals surface area contributed by atoms with Gasteiger partial charge in [-0.2, -0.15) is 0 Å². The molecule has 13 nitrogen and oxygen atoms in total. The van der Waals surface area contributed by atoms with Gasteiger partial charge in [0.15, 0.2) is 8.32 Å². The third kappa shape index (κ3) is 26.9. The van der Waals surface area contributed by atoms with Gasteiger partial charge in [-0.05, 0) is 177 Å². The Bertz CT molecular complexity index is 1100. The molecule has 0 aliphatic rings. The van der Waals surface area contributed by atoms with Crippen LogP contribution in [0.3, 0.4) is 0 Å². The minimum atomic E-state index is -2.76. The molecule has 0 aliphatic carbocycles. The summed E-state index contributed by atoms with van der Waals surface area (Å²) in [6.07, 6.45) is 0. The summed E-state index contributed by atoms with van der Waals surface area (Å²) in [4.78, 5) is 10.4. The van der Waals surface area contributed by atoms with Crippen LogP contribution in [0.1, 0.15) is 0 Å². The van der Waals surface area contributed by atoms with Crippen molar-refractivity contribution in [1.29, 1.82) is 0 Å². The minimum absolute atomic E-state index is 1.75. The maximum atomic E-state index is 10.4. The van der Waals surface area contributed by atoms with Gasteiger partial charge < -0.3 is 54.2 Å². The zero-order valence-corrected chi connectivity index (χ0v) is 51.8. The zero-order valence-electron chi connectivity index (χ0n) is 38.8. The topological polar surface area (TPSA) is 131 Å². The molecule has 0 rings (SSSR count). The van der Waals surface area contributed by atoms with Gasteiger partial charge in [0.1, 0.15) is 0 Å². The van der Waals surface area contributed by atoms with Crippen molar-refractivity contribution < 1.29 is 54.2 Å². The van der Waals surface area contributed by atoms with Crippen LogP contribution in [-0.4, -0.2) is 116 Å². The Hall–Kier alpha value is 2.30. The van der Waals surface area contributed by atoms with Crippen LogP contribution in [-0.2, 0) is 49.4 Å². The summed E-state index contributed by atoms with van der Waals surface area (Å²) in [6, 6.07) is 0. The quantitative estimate of drug-likeness (QED) is 0.0923. The van der Waals surface area contributed by atoms with E-state index in [0.29, 0.717) is 0 Å². The first-order valence-corrected chi connectivity index (χ1v) is 55.9. The fourth-order valence-electron chi connectivity index (χ4n) is 7.49. The summed E-state index contributed by atoms with van der Waals surface area (Å²) in [6.45, 7) is 55.0. The van der Waals surface area contributed by atoms with Gasteiger partial charge in [-0.15, -0.1) is 0 Å². The molecule has 53 heavy (non-hydrogen) atoms. The Balaban J connectivity index is 5.60. The molecule has 1 N–H and O–H groups in total. The molecule has 0 radical (unpaired) electrons. The zero-order chi connectivity index (χ0) is 43.0. The molecule has 26 heteroatoms. The molecule has 0 fully saturated rings.